The molecule has 0 heterocycles. The molecule has 0 saturated carbocycles. The summed E-state index contributed by atoms with van der Waals surface area (Å²) < 4.78 is 5.52. The molecule has 0 atom stereocenters. The van der Waals surface area contributed by atoms with E-state index in [0.717, 1.165) is 17.5 Å². The van der Waals surface area contributed by atoms with Gasteiger partial charge in [-0.25, -0.2) is 0 Å². The molecular weight excluding hydrogens is 454 g/mol. The first kappa shape index (κ1) is 24.3. The second-order valence-electron chi connectivity index (χ2n) is 7.79. The number of hydrogen-bond acceptors (Lipinski definition) is 1. The first-order chi connectivity index (χ1) is 15.1. The van der Waals surface area contributed by atoms with Crippen LogP contribution in [0.15, 0.2) is 97.1 Å². The summed E-state index contributed by atoms with van der Waals surface area (Å²) in [6, 6.07) is 34.9. The molecule has 0 aliphatic rings. The van der Waals surface area contributed by atoms with E-state index in [1.54, 1.807) is 7.11 Å². The maximum Gasteiger partial charge on any atom is 0.138 e. The van der Waals surface area contributed by atoms with Crippen LogP contribution in [0.4, 0.5) is 0 Å². The van der Waals surface area contributed by atoms with Crippen molar-refractivity contribution in [3.63, 3.8) is 0 Å². The van der Waals surface area contributed by atoms with E-state index >= 15 is 0 Å². The van der Waals surface area contributed by atoms with Crippen LogP contribution in [0.5, 0.6) is 5.75 Å². The van der Waals surface area contributed by atoms with E-state index in [1.807, 2.05) is 0 Å². The third kappa shape index (κ3) is 4.44. The summed E-state index contributed by atoms with van der Waals surface area (Å²) >= 11 is 6.72. The first-order valence-corrected chi connectivity index (χ1v) is 12.8. The Morgan fingerprint density at radius 2 is 1.12 bits per heavy atom. The van der Waals surface area contributed by atoms with E-state index in [2.05, 4.69) is 111 Å². The van der Waals surface area contributed by atoms with E-state index in [-0.39, 0.29) is 12.4 Å². The molecule has 0 spiro atoms. The lowest BCUT2D eigenvalue weighted by atomic mass is 10.0. The van der Waals surface area contributed by atoms with Gasteiger partial charge in [-0.05, 0) is 73.0 Å². The van der Waals surface area contributed by atoms with Crippen molar-refractivity contribution in [2.24, 2.45) is 0 Å². The minimum atomic E-state index is -1.97. The molecule has 1 nitrogen and oxygen atoms in total. The van der Waals surface area contributed by atoms with Crippen LogP contribution in [-0.4, -0.2) is 7.11 Å². The van der Waals surface area contributed by atoms with Crippen molar-refractivity contribution < 1.29 is 17.1 Å². The zero-order valence-electron chi connectivity index (χ0n) is 18.6. The van der Waals surface area contributed by atoms with Crippen molar-refractivity contribution in [3.05, 3.63) is 119 Å². The zero-order chi connectivity index (χ0) is 21.8. The minimum absolute atomic E-state index is 0. The van der Waals surface area contributed by atoms with E-state index in [1.165, 1.54) is 27.0 Å². The number of methoxy groups -OCH3 is 1. The standard InChI is InChI=1S/C28H27ClOP.ClH/c1-21-19-27(30-3)28(29)22(2)26(21)20-31(23-13-7-4-8-14-23,24-15-9-5-10-16-24)25-17-11-6-12-18-25;/h4-19H,20H2,1-3H3;1H/q+1;/p-1. The molecule has 0 aliphatic carbocycles. The smallest absolute Gasteiger partial charge is 0.138 e. The van der Waals surface area contributed by atoms with Gasteiger partial charge in [0.2, 0.25) is 0 Å². The number of benzene rings is 4. The molecule has 0 radical (unpaired) electrons. The molecule has 4 heteroatoms. The van der Waals surface area contributed by atoms with E-state index in [4.69, 9.17) is 16.3 Å². The summed E-state index contributed by atoms with van der Waals surface area (Å²) in [6.45, 7) is 4.28. The van der Waals surface area contributed by atoms with Gasteiger partial charge in [0.15, 0.2) is 0 Å². The number of halogens is 2. The highest BCUT2D eigenvalue weighted by atomic mass is 35.5. The van der Waals surface area contributed by atoms with E-state index in [0.29, 0.717) is 5.02 Å². The third-order valence-corrected chi connectivity index (χ3v) is 10.8. The van der Waals surface area contributed by atoms with Gasteiger partial charge in [-0.15, -0.1) is 0 Å². The van der Waals surface area contributed by atoms with Gasteiger partial charge < -0.3 is 17.1 Å². The van der Waals surface area contributed by atoms with Crippen molar-refractivity contribution in [1.29, 1.82) is 0 Å². The van der Waals surface area contributed by atoms with Crippen molar-refractivity contribution in [3.8, 4) is 5.75 Å². The normalized spacial score (nSPS) is 11.0. The lowest BCUT2D eigenvalue weighted by molar-refractivity contribution is -0.00000642. The van der Waals surface area contributed by atoms with Crippen molar-refractivity contribution >= 4 is 34.8 Å². The van der Waals surface area contributed by atoms with E-state index in [9.17, 15) is 0 Å². The molecular formula is C28H27Cl2OP. The van der Waals surface area contributed by atoms with Gasteiger partial charge in [0.05, 0.1) is 18.3 Å². The van der Waals surface area contributed by atoms with E-state index < -0.39 is 7.26 Å². The number of hydrogen-bond donors (Lipinski definition) is 0. The summed E-state index contributed by atoms with van der Waals surface area (Å²) in [5.41, 5.74) is 3.62. The van der Waals surface area contributed by atoms with Gasteiger partial charge in [-0.3, -0.25) is 0 Å². The molecule has 0 amide bonds. The molecule has 4 aromatic carbocycles. The second kappa shape index (κ2) is 10.5. The van der Waals surface area contributed by atoms with Crippen molar-refractivity contribution in [1.82, 2.24) is 0 Å². The lowest BCUT2D eigenvalue weighted by Crippen LogP contribution is -3.00. The van der Waals surface area contributed by atoms with Gasteiger partial charge in [0.1, 0.15) is 28.9 Å². The molecule has 4 aromatic rings. The SMILES string of the molecule is COc1cc(C)c(C[P+](c2ccccc2)(c2ccccc2)c2ccccc2)c(C)c1Cl.[Cl-]. The predicted molar refractivity (Wildman–Crippen MR) is 136 cm³/mol. The number of ether oxygens (including phenoxy) is 1. The fourth-order valence-electron chi connectivity index (χ4n) is 4.36. The van der Waals surface area contributed by atoms with Crippen LogP contribution in [0.1, 0.15) is 16.7 Å². The van der Waals surface area contributed by atoms with Crippen LogP contribution in [0.3, 0.4) is 0 Å². The molecule has 0 fully saturated rings. The molecule has 0 saturated heterocycles. The average Bonchev–Trinajstić information content (AvgIpc) is 2.83. The topological polar surface area (TPSA) is 9.23 Å². The van der Waals surface area contributed by atoms with Gasteiger partial charge in [0.25, 0.3) is 0 Å². The monoisotopic (exact) mass is 480 g/mol. The summed E-state index contributed by atoms with van der Waals surface area (Å²) in [4.78, 5) is 0. The summed E-state index contributed by atoms with van der Waals surface area (Å²) in [5, 5.41) is 4.82. The zero-order valence-corrected chi connectivity index (χ0v) is 21.0. The number of aryl methyl sites for hydroxylation is 1. The fraction of sp³-hybridized carbons (Fsp3) is 0.143. The van der Waals surface area contributed by atoms with Crippen LogP contribution < -0.4 is 33.1 Å². The van der Waals surface area contributed by atoms with Crippen molar-refractivity contribution in [2.75, 3.05) is 7.11 Å². The average molecular weight is 481 g/mol. The highest BCUT2D eigenvalue weighted by Gasteiger charge is 2.46. The molecule has 0 unspecified atom stereocenters. The molecule has 0 bridgehead atoms. The minimum Gasteiger partial charge on any atom is -1.00 e. The summed E-state index contributed by atoms with van der Waals surface area (Å²) in [5.74, 6) is 0.739. The third-order valence-electron chi connectivity index (χ3n) is 6.03. The van der Waals surface area contributed by atoms with Gasteiger partial charge in [-0.1, -0.05) is 66.2 Å². The highest BCUT2D eigenvalue weighted by molar-refractivity contribution is 7.95. The van der Waals surface area contributed by atoms with Gasteiger partial charge in [0, 0.05) is 0 Å². The first-order valence-electron chi connectivity index (χ1n) is 10.5. The molecule has 32 heavy (non-hydrogen) atoms. The largest absolute Gasteiger partial charge is 1.00 e. The Morgan fingerprint density at radius 1 is 0.719 bits per heavy atom. The lowest BCUT2D eigenvalue weighted by Gasteiger charge is -2.29. The second-order valence-corrected chi connectivity index (χ2v) is 11.7. The molecule has 0 N–H and O–H groups in total. The quantitative estimate of drug-likeness (QED) is 0.384. The van der Waals surface area contributed by atoms with Gasteiger partial charge in [-0.2, -0.15) is 0 Å². The Morgan fingerprint density at radius 3 is 1.50 bits per heavy atom. The van der Waals surface area contributed by atoms with Crippen LogP contribution >= 0.6 is 18.9 Å². The van der Waals surface area contributed by atoms with Gasteiger partial charge >= 0.3 is 0 Å². The maximum atomic E-state index is 6.72. The number of rotatable bonds is 6. The maximum absolute atomic E-state index is 6.72. The Bertz CT molecular complexity index is 1070. The van der Waals surface area contributed by atoms with Crippen LogP contribution in [0.25, 0.3) is 0 Å². The molecule has 0 aliphatic heterocycles. The fourth-order valence-corrected chi connectivity index (χ4v) is 9.05. The van der Waals surface area contributed by atoms with Crippen LogP contribution in [0.2, 0.25) is 5.02 Å². The molecule has 0 aromatic heterocycles. The molecule has 4 rings (SSSR count). The Balaban J connectivity index is 0.00000289. The Hall–Kier alpha value is -2.31. The Labute approximate surface area is 203 Å². The van der Waals surface area contributed by atoms with Crippen molar-refractivity contribution in [2.45, 2.75) is 20.0 Å². The van der Waals surface area contributed by atoms with Crippen LogP contribution in [-0.2, 0) is 6.16 Å². The highest BCUT2D eigenvalue weighted by Crippen LogP contribution is 2.59. The predicted octanol–water partition coefficient (Wildman–Crippen LogP) is 3.46. The molecule has 164 valence electrons. The summed E-state index contributed by atoms with van der Waals surface area (Å²) in [6.07, 6.45) is 0.909. The summed E-state index contributed by atoms with van der Waals surface area (Å²) in [7, 11) is -0.296. The Kier molecular flexibility index (Phi) is 8.01. The van der Waals surface area contributed by atoms with Crippen LogP contribution in [0, 0.1) is 13.8 Å².